The van der Waals surface area contributed by atoms with Crippen molar-refractivity contribution in [3.63, 3.8) is 0 Å². The van der Waals surface area contributed by atoms with Gasteiger partial charge in [-0.05, 0) is 48.5 Å². The molecule has 0 atom stereocenters. The first-order valence-electron chi connectivity index (χ1n) is 11.7. The number of carbonyl (C=O) groups is 4. The highest BCUT2D eigenvalue weighted by molar-refractivity contribution is 5.97. The molecule has 0 saturated heterocycles. The molecule has 4 rings (SSSR count). The van der Waals surface area contributed by atoms with Crippen LogP contribution in [0.5, 0.6) is 0 Å². The number of aromatic carboxylic acids is 2. The molecule has 13 nitrogen and oxygen atoms in total. The second-order valence-electron chi connectivity index (χ2n) is 8.44. The van der Waals surface area contributed by atoms with E-state index in [0.29, 0.717) is 22.8 Å². The van der Waals surface area contributed by atoms with Crippen LogP contribution in [0.4, 0.5) is 0 Å². The van der Waals surface area contributed by atoms with E-state index in [1.165, 1.54) is 24.3 Å². The van der Waals surface area contributed by atoms with Crippen LogP contribution in [0.3, 0.4) is 0 Å². The second kappa shape index (κ2) is 11.9. The van der Waals surface area contributed by atoms with Crippen molar-refractivity contribution in [3.8, 4) is 22.8 Å². The number of nitrogens with zero attached hydrogens (tertiary/aromatic N) is 5. The summed E-state index contributed by atoms with van der Waals surface area (Å²) < 4.78 is 0. The number of pyridine rings is 4. The third kappa shape index (κ3) is 6.46. The van der Waals surface area contributed by atoms with E-state index in [0.717, 1.165) is 4.90 Å². The molecule has 0 aromatic carbocycles. The van der Waals surface area contributed by atoms with Crippen molar-refractivity contribution in [1.82, 2.24) is 24.8 Å². The third-order valence-corrected chi connectivity index (χ3v) is 5.64. The normalized spacial score (nSPS) is 10.9. The molecule has 0 aliphatic carbocycles. The van der Waals surface area contributed by atoms with Crippen LogP contribution in [-0.2, 0) is 22.7 Å². The minimum Gasteiger partial charge on any atom is -0.480 e. The maximum atomic E-state index is 11.9. The summed E-state index contributed by atoms with van der Waals surface area (Å²) in [7, 11) is 0. The Bertz CT molecular complexity index is 1490. The standard InChI is InChI=1S/C27H21N5O8/c33-24(34)21-11-3-9-19(30-21)17-7-1-5-15(28-17)13-32(23(26(37)38)27(39)40)14-16-6-2-8-18(29-16)20-10-4-12-22(31-20)25(35)36/h1-12,23H,13-14H2,(H,33,34)(H,35,36)(H,37,38)(H,39,40). The maximum absolute atomic E-state index is 11.9. The first-order valence-corrected chi connectivity index (χ1v) is 11.7. The first-order chi connectivity index (χ1) is 19.1. The molecule has 0 radical (unpaired) electrons. The van der Waals surface area contributed by atoms with Crippen LogP contribution >= 0.6 is 0 Å². The van der Waals surface area contributed by atoms with Gasteiger partial charge in [0.15, 0.2) is 0 Å². The Labute approximate surface area is 226 Å². The molecule has 4 N–H and O–H groups in total. The molecule has 0 bridgehead atoms. The Morgan fingerprint density at radius 1 is 0.550 bits per heavy atom. The van der Waals surface area contributed by atoms with Gasteiger partial charge in [-0.15, -0.1) is 0 Å². The van der Waals surface area contributed by atoms with Gasteiger partial charge in [-0.25, -0.2) is 39.1 Å². The zero-order chi connectivity index (χ0) is 28.8. The van der Waals surface area contributed by atoms with Gasteiger partial charge in [0.05, 0.1) is 34.2 Å². The first kappa shape index (κ1) is 27.5. The third-order valence-electron chi connectivity index (χ3n) is 5.64. The van der Waals surface area contributed by atoms with Crippen LogP contribution < -0.4 is 0 Å². The highest BCUT2D eigenvalue weighted by Gasteiger charge is 2.33. The van der Waals surface area contributed by atoms with Gasteiger partial charge >= 0.3 is 23.9 Å². The molecule has 4 aromatic rings. The SMILES string of the molecule is O=C(O)c1cccc(-c2cccc(CN(Cc3cccc(-c4cccc(C(=O)O)n4)n3)C(C(=O)O)C(=O)O)n2)n1. The molecule has 0 saturated carbocycles. The zero-order valence-electron chi connectivity index (χ0n) is 20.6. The van der Waals surface area contributed by atoms with Gasteiger partial charge in [0, 0.05) is 13.1 Å². The zero-order valence-corrected chi connectivity index (χ0v) is 20.6. The summed E-state index contributed by atoms with van der Waals surface area (Å²) in [5, 5.41) is 37.9. The minimum atomic E-state index is -1.95. The summed E-state index contributed by atoms with van der Waals surface area (Å²) in [5.74, 6) is -5.61. The van der Waals surface area contributed by atoms with E-state index in [2.05, 4.69) is 19.9 Å². The van der Waals surface area contributed by atoms with Gasteiger partial charge < -0.3 is 20.4 Å². The van der Waals surface area contributed by atoms with Crippen LogP contribution in [0, 0.1) is 0 Å². The van der Waals surface area contributed by atoms with Gasteiger partial charge in [-0.2, -0.15) is 0 Å². The number of hydrogen-bond acceptors (Lipinski definition) is 9. The largest absolute Gasteiger partial charge is 0.480 e. The fraction of sp³-hybridized carbons (Fsp3) is 0.111. The van der Waals surface area contributed by atoms with Crippen LogP contribution in [0.25, 0.3) is 22.8 Å². The van der Waals surface area contributed by atoms with Crippen molar-refractivity contribution in [2.75, 3.05) is 0 Å². The van der Waals surface area contributed by atoms with Gasteiger partial charge in [-0.1, -0.05) is 24.3 Å². The molecule has 0 fully saturated rings. The van der Waals surface area contributed by atoms with E-state index in [1.807, 2.05) is 0 Å². The van der Waals surface area contributed by atoms with Gasteiger partial charge in [0.2, 0.25) is 6.04 Å². The molecule has 13 heteroatoms. The maximum Gasteiger partial charge on any atom is 0.354 e. The molecule has 40 heavy (non-hydrogen) atoms. The Morgan fingerprint density at radius 3 is 1.25 bits per heavy atom. The summed E-state index contributed by atoms with van der Waals surface area (Å²) in [6, 6.07) is 16.4. The Kier molecular flexibility index (Phi) is 8.16. The van der Waals surface area contributed by atoms with Gasteiger partial charge in [0.1, 0.15) is 11.4 Å². The topological polar surface area (TPSA) is 204 Å². The van der Waals surface area contributed by atoms with Gasteiger partial charge in [0.25, 0.3) is 0 Å². The van der Waals surface area contributed by atoms with Crippen molar-refractivity contribution in [2.24, 2.45) is 0 Å². The van der Waals surface area contributed by atoms with E-state index in [4.69, 9.17) is 0 Å². The molecular formula is C27H21N5O8. The lowest BCUT2D eigenvalue weighted by atomic mass is 10.1. The Balaban J connectivity index is 1.67. The average molecular weight is 543 g/mol. The smallest absolute Gasteiger partial charge is 0.354 e. The van der Waals surface area contributed by atoms with Crippen LogP contribution in [0.2, 0.25) is 0 Å². The quantitative estimate of drug-likeness (QED) is 0.201. The number of rotatable bonds is 11. The van der Waals surface area contributed by atoms with E-state index >= 15 is 0 Å². The van der Waals surface area contributed by atoms with E-state index in [9.17, 15) is 39.6 Å². The molecule has 4 heterocycles. The molecule has 4 aromatic heterocycles. The monoisotopic (exact) mass is 543 g/mol. The molecule has 0 aliphatic heterocycles. The van der Waals surface area contributed by atoms with Crippen molar-refractivity contribution >= 4 is 23.9 Å². The molecule has 0 unspecified atom stereocenters. The van der Waals surface area contributed by atoms with Crippen LogP contribution in [-0.4, -0.2) is 75.2 Å². The number of aromatic nitrogens is 4. The van der Waals surface area contributed by atoms with E-state index in [-0.39, 0.29) is 35.9 Å². The van der Waals surface area contributed by atoms with Crippen molar-refractivity contribution in [1.29, 1.82) is 0 Å². The van der Waals surface area contributed by atoms with Crippen LogP contribution in [0.1, 0.15) is 32.4 Å². The van der Waals surface area contributed by atoms with Crippen LogP contribution in [0.15, 0.2) is 72.8 Å². The Hall–Kier alpha value is -5.56. The summed E-state index contributed by atoms with van der Waals surface area (Å²) in [6.45, 7) is -0.428. The summed E-state index contributed by atoms with van der Waals surface area (Å²) >= 11 is 0. The summed E-state index contributed by atoms with van der Waals surface area (Å²) in [4.78, 5) is 64.7. The lowest BCUT2D eigenvalue weighted by Gasteiger charge is -2.25. The Morgan fingerprint density at radius 2 is 0.900 bits per heavy atom. The van der Waals surface area contributed by atoms with Crippen molar-refractivity contribution in [2.45, 2.75) is 19.1 Å². The lowest BCUT2D eigenvalue weighted by Crippen LogP contribution is -2.46. The second-order valence-corrected chi connectivity index (χ2v) is 8.44. The molecule has 202 valence electrons. The summed E-state index contributed by atoms with van der Waals surface area (Å²) in [6.07, 6.45) is 0. The lowest BCUT2D eigenvalue weighted by molar-refractivity contribution is -0.157. The number of carboxylic acids is 4. The number of aliphatic carboxylic acids is 2. The van der Waals surface area contributed by atoms with E-state index < -0.39 is 29.9 Å². The molecular weight excluding hydrogens is 522 g/mol. The minimum absolute atomic E-state index is 0.183. The number of hydrogen-bond donors (Lipinski definition) is 4. The fourth-order valence-electron chi connectivity index (χ4n) is 3.89. The predicted octanol–water partition coefficient (Wildman–Crippen LogP) is 2.54. The van der Waals surface area contributed by atoms with Crippen molar-refractivity contribution < 1.29 is 39.6 Å². The fourth-order valence-corrected chi connectivity index (χ4v) is 3.89. The van der Waals surface area contributed by atoms with Gasteiger partial charge in [-0.3, -0.25) is 4.90 Å². The molecule has 0 spiro atoms. The van der Waals surface area contributed by atoms with Crippen molar-refractivity contribution in [3.05, 3.63) is 95.6 Å². The highest BCUT2D eigenvalue weighted by Crippen LogP contribution is 2.20. The predicted molar refractivity (Wildman–Crippen MR) is 137 cm³/mol. The molecule has 0 aliphatic rings. The average Bonchev–Trinajstić information content (AvgIpc) is 2.93. The number of carboxylic acid groups (broad SMARTS) is 4. The highest BCUT2D eigenvalue weighted by atomic mass is 16.4. The van der Waals surface area contributed by atoms with E-state index in [1.54, 1.807) is 48.5 Å². The molecule has 0 amide bonds. The summed E-state index contributed by atoms with van der Waals surface area (Å²) in [5.41, 5.74) is 1.41.